The number of fused-ring (bicyclic) bond motifs is 1. The van der Waals surface area contributed by atoms with Crippen molar-refractivity contribution in [3.63, 3.8) is 0 Å². The monoisotopic (exact) mass is 480 g/mol. The zero-order valence-electron chi connectivity index (χ0n) is 21.0. The highest BCUT2D eigenvalue weighted by molar-refractivity contribution is 5.93. The van der Waals surface area contributed by atoms with Gasteiger partial charge in [-0.2, -0.15) is 0 Å². The molecule has 1 aromatic heterocycles. The van der Waals surface area contributed by atoms with Gasteiger partial charge in [0.1, 0.15) is 11.3 Å². The van der Waals surface area contributed by atoms with Gasteiger partial charge in [-0.1, -0.05) is 70.1 Å². The molecular weight excluding hydrogens is 444 g/mol. The van der Waals surface area contributed by atoms with Gasteiger partial charge in [-0.05, 0) is 44.5 Å². The van der Waals surface area contributed by atoms with Gasteiger partial charge in [0.15, 0.2) is 5.75 Å². The van der Waals surface area contributed by atoms with Gasteiger partial charge in [0.2, 0.25) is 0 Å². The number of esters is 1. The lowest BCUT2D eigenvalue weighted by Gasteiger charge is -2.16. The molecule has 2 aromatic carbocycles. The van der Waals surface area contributed by atoms with Crippen LogP contribution in [0.4, 0.5) is 0 Å². The van der Waals surface area contributed by atoms with Crippen molar-refractivity contribution in [3.05, 3.63) is 64.5 Å². The Kier molecular flexibility index (Phi) is 10.2. The summed E-state index contributed by atoms with van der Waals surface area (Å²) in [7, 11) is 0. The van der Waals surface area contributed by atoms with E-state index in [1.165, 1.54) is 38.5 Å². The van der Waals surface area contributed by atoms with Crippen LogP contribution >= 0.6 is 0 Å². The number of unbranched alkanes of at least 4 members (excludes halogenated alkanes) is 7. The second-order valence-corrected chi connectivity index (χ2v) is 8.95. The van der Waals surface area contributed by atoms with Crippen molar-refractivity contribution in [2.75, 3.05) is 6.61 Å². The SMILES string of the molecule is CCCCCCCCCCOc1ccc2c(OC(C)C)c(OC(=O)c3ccccc3)c(=O)oc2c1. The van der Waals surface area contributed by atoms with E-state index in [1.54, 1.807) is 42.5 Å². The summed E-state index contributed by atoms with van der Waals surface area (Å²) < 4.78 is 22.7. The quantitative estimate of drug-likeness (QED) is 0.137. The molecule has 0 unspecified atom stereocenters. The normalized spacial score (nSPS) is 11.1. The van der Waals surface area contributed by atoms with Crippen LogP contribution in [0.25, 0.3) is 11.0 Å². The average Bonchev–Trinajstić information content (AvgIpc) is 2.85. The average molecular weight is 481 g/mol. The molecule has 6 nitrogen and oxygen atoms in total. The molecule has 0 saturated heterocycles. The van der Waals surface area contributed by atoms with Crippen molar-refractivity contribution in [1.29, 1.82) is 0 Å². The van der Waals surface area contributed by atoms with Crippen LogP contribution in [0.15, 0.2) is 57.7 Å². The fourth-order valence-electron chi connectivity index (χ4n) is 3.82. The van der Waals surface area contributed by atoms with Gasteiger partial charge >= 0.3 is 11.6 Å². The van der Waals surface area contributed by atoms with Gasteiger partial charge in [0.25, 0.3) is 5.75 Å². The van der Waals surface area contributed by atoms with Gasteiger partial charge in [-0.15, -0.1) is 0 Å². The van der Waals surface area contributed by atoms with E-state index in [9.17, 15) is 9.59 Å². The summed E-state index contributed by atoms with van der Waals surface area (Å²) in [6, 6.07) is 13.7. The molecule has 3 aromatic rings. The Morgan fingerprint density at radius 2 is 1.57 bits per heavy atom. The van der Waals surface area contributed by atoms with Crippen LogP contribution in [0.1, 0.15) is 82.5 Å². The van der Waals surface area contributed by atoms with Crippen LogP contribution in [-0.4, -0.2) is 18.7 Å². The van der Waals surface area contributed by atoms with Crippen molar-refractivity contribution >= 4 is 16.9 Å². The predicted octanol–water partition coefficient (Wildman–Crippen LogP) is 7.32. The van der Waals surface area contributed by atoms with Crippen molar-refractivity contribution in [2.24, 2.45) is 0 Å². The van der Waals surface area contributed by atoms with Crippen LogP contribution in [-0.2, 0) is 0 Å². The van der Waals surface area contributed by atoms with E-state index in [4.69, 9.17) is 18.6 Å². The highest BCUT2D eigenvalue weighted by Crippen LogP contribution is 2.35. The number of carbonyl (C=O) groups excluding carboxylic acids is 1. The standard InChI is InChI=1S/C29H36O6/c1-4-5-6-7-8-9-10-14-19-32-23-17-18-24-25(20-23)34-29(31)27(26(24)33-21(2)3)35-28(30)22-15-12-11-13-16-22/h11-13,15-18,20-21H,4-10,14,19H2,1-3H3. The molecule has 0 spiro atoms. The maximum Gasteiger partial charge on any atom is 0.383 e. The Labute approximate surface area is 207 Å². The maximum atomic E-state index is 12.8. The largest absolute Gasteiger partial charge is 0.493 e. The van der Waals surface area contributed by atoms with Crippen molar-refractivity contribution in [1.82, 2.24) is 0 Å². The predicted molar refractivity (Wildman–Crippen MR) is 138 cm³/mol. The molecule has 6 heteroatoms. The van der Waals surface area contributed by atoms with Gasteiger partial charge in [-0.25, -0.2) is 9.59 Å². The Balaban J connectivity index is 1.69. The molecule has 35 heavy (non-hydrogen) atoms. The lowest BCUT2D eigenvalue weighted by atomic mass is 10.1. The molecule has 0 aliphatic heterocycles. The molecule has 0 saturated carbocycles. The first kappa shape index (κ1) is 26.3. The number of ether oxygens (including phenoxy) is 3. The molecule has 0 fully saturated rings. The van der Waals surface area contributed by atoms with Crippen LogP contribution < -0.4 is 19.8 Å². The maximum absolute atomic E-state index is 12.8. The Morgan fingerprint density at radius 1 is 0.886 bits per heavy atom. The van der Waals surface area contributed by atoms with E-state index in [2.05, 4.69) is 6.92 Å². The molecule has 3 rings (SSSR count). The van der Waals surface area contributed by atoms with Crippen LogP contribution in [0.2, 0.25) is 0 Å². The van der Waals surface area contributed by atoms with E-state index in [0.717, 1.165) is 12.8 Å². The molecule has 0 radical (unpaired) electrons. The molecule has 0 N–H and O–H groups in total. The number of rotatable bonds is 14. The molecule has 0 amide bonds. The third kappa shape index (κ3) is 7.88. The zero-order valence-corrected chi connectivity index (χ0v) is 21.0. The minimum absolute atomic E-state index is 0.185. The van der Waals surface area contributed by atoms with Crippen LogP contribution in [0.5, 0.6) is 17.2 Å². The van der Waals surface area contributed by atoms with Crippen molar-refractivity contribution in [3.8, 4) is 17.2 Å². The molecule has 0 aliphatic carbocycles. The lowest BCUT2D eigenvalue weighted by molar-refractivity contribution is 0.0718. The van der Waals surface area contributed by atoms with Gasteiger partial charge in [0, 0.05) is 6.07 Å². The zero-order chi connectivity index (χ0) is 25.0. The third-order valence-corrected chi connectivity index (χ3v) is 5.62. The van der Waals surface area contributed by atoms with E-state index in [-0.39, 0.29) is 17.6 Å². The second-order valence-electron chi connectivity index (χ2n) is 8.95. The number of benzene rings is 2. The summed E-state index contributed by atoms with van der Waals surface area (Å²) in [6.45, 7) is 6.51. The molecule has 0 aliphatic rings. The summed E-state index contributed by atoms with van der Waals surface area (Å²) in [5.74, 6) is -0.109. The summed E-state index contributed by atoms with van der Waals surface area (Å²) in [6.07, 6.45) is 9.59. The lowest BCUT2D eigenvalue weighted by Crippen LogP contribution is -2.17. The van der Waals surface area contributed by atoms with Gasteiger partial charge < -0.3 is 18.6 Å². The van der Waals surface area contributed by atoms with E-state index < -0.39 is 11.6 Å². The Bertz CT molecular complexity index is 1130. The van der Waals surface area contributed by atoms with E-state index in [1.807, 2.05) is 19.9 Å². The number of hydrogen-bond acceptors (Lipinski definition) is 6. The third-order valence-electron chi connectivity index (χ3n) is 5.62. The first-order valence-electron chi connectivity index (χ1n) is 12.7. The molecule has 0 bridgehead atoms. The van der Waals surface area contributed by atoms with E-state index in [0.29, 0.717) is 28.9 Å². The van der Waals surface area contributed by atoms with Crippen LogP contribution in [0, 0.1) is 0 Å². The summed E-state index contributed by atoms with van der Waals surface area (Å²) in [4.78, 5) is 25.4. The molecule has 0 atom stereocenters. The minimum atomic E-state index is -0.780. The first-order chi connectivity index (χ1) is 17.0. The Morgan fingerprint density at radius 3 is 2.26 bits per heavy atom. The van der Waals surface area contributed by atoms with E-state index >= 15 is 0 Å². The topological polar surface area (TPSA) is 75.0 Å². The molecule has 188 valence electrons. The number of carbonyl (C=O) groups is 1. The highest BCUT2D eigenvalue weighted by Gasteiger charge is 2.22. The van der Waals surface area contributed by atoms with Crippen molar-refractivity contribution < 1.29 is 23.4 Å². The molecule has 1 heterocycles. The second kappa shape index (κ2) is 13.6. The smallest absolute Gasteiger partial charge is 0.383 e. The summed E-state index contributed by atoms with van der Waals surface area (Å²) >= 11 is 0. The molecular formula is C29H36O6. The fraction of sp³-hybridized carbons (Fsp3) is 0.448. The summed E-state index contributed by atoms with van der Waals surface area (Å²) in [5.41, 5.74) is -0.136. The van der Waals surface area contributed by atoms with Crippen molar-refractivity contribution in [2.45, 2.75) is 78.2 Å². The Hall–Kier alpha value is -3.28. The highest BCUT2D eigenvalue weighted by atomic mass is 16.6. The van der Waals surface area contributed by atoms with Gasteiger partial charge in [-0.3, -0.25) is 0 Å². The van der Waals surface area contributed by atoms with Gasteiger partial charge in [0.05, 0.1) is 23.7 Å². The number of hydrogen-bond donors (Lipinski definition) is 0. The summed E-state index contributed by atoms with van der Waals surface area (Å²) in [5, 5.41) is 0.536. The van der Waals surface area contributed by atoms with Crippen LogP contribution in [0.3, 0.4) is 0 Å². The fourth-order valence-corrected chi connectivity index (χ4v) is 3.82. The minimum Gasteiger partial charge on any atom is -0.493 e. The first-order valence-corrected chi connectivity index (χ1v) is 12.7.